The van der Waals surface area contributed by atoms with Gasteiger partial charge in [0.2, 0.25) is 0 Å². The molecule has 2 heterocycles. The lowest BCUT2D eigenvalue weighted by Gasteiger charge is -2.32. The number of rotatable bonds is 1. The third kappa shape index (κ3) is 2.01. The van der Waals surface area contributed by atoms with Crippen molar-refractivity contribution in [3.8, 4) is 0 Å². The zero-order chi connectivity index (χ0) is 14.7. The van der Waals surface area contributed by atoms with Crippen molar-refractivity contribution in [2.75, 3.05) is 0 Å². The molecule has 1 aromatic carbocycles. The Morgan fingerprint density at radius 2 is 1.75 bits per heavy atom. The monoisotopic (exact) mass is 336 g/mol. The van der Waals surface area contributed by atoms with Gasteiger partial charge in [-0.2, -0.15) is 5.10 Å². The van der Waals surface area contributed by atoms with Gasteiger partial charge in [-0.15, -0.1) is 0 Å². The fourth-order valence-electron chi connectivity index (χ4n) is 2.40. The van der Waals surface area contributed by atoms with E-state index in [0.717, 1.165) is 20.8 Å². The van der Waals surface area contributed by atoms with E-state index in [-0.39, 0.29) is 18.3 Å². The Morgan fingerprint density at radius 1 is 1.15 bits per heavy atom. The molecule has 0 spiro atoms. The number of nitrogens with zero attached hydrogens (tertiary/aromatic N) is 2. The Hall–Kier alpha value is -0.845. The first kappa shape index (κ1) is 14.1. The van der Waals surface area contributed by atoms with Gasteiger partial charge in [0.05, 0.1) is 22.9 Å². The molecule has 0 bridgehead atoms. The second-order valence-corrected chi connectivity index (χ2v) is 7.20. The molecule has 1 aliphatic heterocycles. The number of hydrogen-bond acceptors (Lipinski definition) is 3. The Balaban J connectivity index is 2.12. The topological polar surface area (TPSA) is 36.3 Å². The van der Waals surface area contributed by atoms with Crippen LogP contribution in [-0.4, -0.2) is 28.1 Å². The Bertz CT molecular complexity index is 665. The smallest absolute Gasteiger partial charge is 0.399 e. The molecule has 1 fully saturated rings. The maximum atomic E-state index is 6.14. The van der Waals surface area contributed by atoms with E-state index in [9.17, 15) is 0 Å². The van der Waals surface area contributed by atoms with Crippen LogP contribution in [0, 0.1) is 0 Å². The maximum Gasteiger partial charge on any atom is 0.495 e. The number of halogens is 1. The van der Waals surface area contributed by atoms with Gasteiger partial charge in [0.1, 0.15) is 0 Å². The molecule has 0 atom stereocenters. The highest BCUT2D eigenvalue weighted by atomic mass is 79.9. The van der Waals surface area contributed by atoms with Gasteiger partial charge in [0.25, 0.3) is 0 Å². The van der Waals surface area contributed by atoms with Gasteiger partial charge in [-0.25, -0.2) is 0 Å². The fraction of sp³-hybridized carbons (Fsp3) is 0.500. The first-order valence-electron chi connectivity index (χ1n) is 6.68. The molecule has 0 saturated carbocycles. The van der Waals surface area contributed by atoms with Crippen molar-refractivity contribution < 1.29 is 9.31 Å². The molecule has 0 N–H and O–H groups in total. The number of hydrogen-bond donors (Lipinski definition) is 0. The second-order valence-electron chi connectivity index (χ2n) is 6.28. The highest BCUT2D eigenvalue weighted by Gasteiger charge is 2.52. The minimum absolute atomic E-state index is 0.339. The van der Waals surface area contributed by atoms with Crippen LogP contribution in [0.2, 0.25) is 0 Å². The van der Waals surface area contributed by atoms with Crippen LogP contribution in [-0.2, 0) is 16.4 Å². The minimum Gasteiger partial charge on any atom is -0.399 e. The van der Waals surface area contributed by atoms with E-state index in [1.807, 2.05) is 24.0 Å². The summed E-state index contributed by atoms with van der Waals surface area (Å²) in [6.07, 6.45) is 1.86. The van der Waals surface area contributed by atoms with Crippen LogP contribution in [0.5, 0.6) is 0 Å². The van der Waals surface area contributed by atoms with Gasteiger partial charge in [-0.05, 0) is 45.3 Å². The van der Waals surface area contributed by atoms with Crippen LogP contribution in [0.25, 0.3) is 10.9 Å². The first-order valence-corrected chi connectivity index (χ1v) is 7.47. The molecule has 3 rings (SSSR count). The van der Waals surface area contributed by atoms with Crippen molar-refractivity contribution in [1.82, 2.24) is 9.78 Å². The van der Waals surface area contributed by atoms with Crippen LogP contribution in [0.4, 0.5) is 0 Å². The highest BCUT2D eigenvalue weighted by molar-refractivity contribution is 9.10. The number of aromatic nitrogens is 2. The molecule has 1 saturated heterocycles. The van der Waals surface area contributed by atoms with E-state index >= 15 is 0 Å². The van der Waals surface area contributed by atoms with E-state index in [2.05, 4.69) is 54.8 Å². The van der Waals surface area contributed by atoms with Crippen molar-refractivity contribution in [2.45, 2.75) is 38.9 Å². The summed E-state index contributed by atoms with van der Waals surface area (Å²) in [5, 5.41) is 5.39. The lowest BCUT2D eigenvalue weighted by atomic mass is 9.77. The molecular formula is C14H18BBrN2O2. The Labute approximate surface area is 127 Å². The zero-order valence-corrected chi connectivity index (χ0v) is 14.0. The van der Waals surface area contributed by atoms with Gasteiger partial charge < -0.3 is 9.31 Å². The molecule has 0 unspecified atom stereocenters. The molecule has 0 radical (unpaired) electrons. The van der Waals surface area contributed by atoms with E-state index < -0.39 is 0 Å². The van der Waals surface area contributed by atoms with Crippen LogP contribution < -0.4 is 5.46 Å². The normalized spacial score (nSPS) is 20.8. The van der Waals surface area contributed by atoms with Gasteiger partial charge in [-0.3, -0.25) is 4.68 Å². The number of benzene rings is 1. The average molecular weight is 337 g/mol. The zero-order valence-electron chi connectivity index (χ0n) is 12.4. The van der Waals surface area contributed by atoms with Crippen LogP contribution in [0.3, 0.4) is 0 Å². The van der Waals surface area contributed by atoms with Crippen molar-refractivity contribution in [3.63, 3.8) is 0 Å². The molecule has 20 heavy (non-hydrogen) atoms. The molecule has 1 aromatic heterocycles. The average Bonchev–Trinajstić information content (AvgIpc) is 2.78. The fourth-order valence-corrected chi connectivity index (χ4v) is 2.87. The highest BCUT2D eigenvalue weighted by Crippen LogP contribution is 2.37. The Kier molecular flexibility index (Phi) is 3.05. The maximum absolute atomic E-state index is 6.14. The lowest BCUT2D eigenvalue weighted by molar-refractivity contribution is 0.00578. The summed E-state index contributed by atoms with van der Waals surface area (Å²) in [4.78, 5) is 0. The summed E-state index contributed by atoms with van der Waals surface area (Å²) >= 11 is 3.55. The lowest BCUT2D eigenvalue weighted by Crippen LogP contribution is -2.41. The van der Waals surface area contributed by atoms with Crippen LogP contribution >= 0.6 is 15.9 Å². The summed E-state index contributed by atoms with van der Waals surface area (Å²) in [5.74, 6) is 0. The second kappa shape index (κ2) is 4.32. The molecule has 6 heteroatoms. The molecule has 0 aliphatic carbocycles. The number of aryl methyl sites for hydroxylation is 1. The molecule has 106 valence electrons. The van der Waals surface area contributed by atoms with Gasteiger partial charge in [0.15, 0.2) is 0 Å². The summed E-state index contributed by atoms with van der Waals surface area (Å²) in [5.41, 5.74) is 1.40. The molecular weight excluding hydrogens is 319 g/mol. The number of fused-ring (bicyclic) bond motifs is 1. The van der Waals surface area contributed by atoms with Gasteiger partial charge in [-0.1, -0.05) is 15.9 Å². The summed E-state index contributed by atoms with van der Waals surface area (Å²) in [6, 6.07) is 4.10. The predicted molar refractivity (Wildman–Crippen MR) is 84.1 cm³/mol. The van der Waals surface area contributed by atoms with E-state index in [0.29, 0.717) is 0 Å². The summed E-state index contributed by atoms with van der Waals surface area (Å²) in [7, 11) is 1.56. The molecule has 2 aromatic rings. The van der Waals surface area contributed by atoms with Crippen molar-refractivity contribution in [1.29, 1.82) is 0 Å². The largest absolute Gasteiger partial charge is 0.495 e. The molecule has 0 amide bonds. The third-order valence-electron chi connectivity index (χ3n) is 4.37. The van der Waals surface area contributed by atoms with Gasteiger partial charge in [0, 0.05) is 16.9 Å². The Morgan fingerprint density at radius 3 is 2.35 bits per heavy atom. The predicted octanol–water partition coefficient (Wildman–Crippen LogP) is 2.64. The van der Waals surface area contributed by atoms with Crippen LogP contribution in [0.1, 0.15) is 27.7 Å². The molecule has 1 aliphatic rings. The van der Waals surface area contributed by atoms with E-state index in [1.54, 1.807) is 0 Å². The summed E-state index contributed by atoms with van der Waals surface area (Å²) < 4.78 is 15.1. The van der Waals surface area contributed by atoms with Crippen molar-refractivity contribution in [2.24, 2.45) is 7.05 Å². The first-order chi connectivity index (χ1) is 9.21. The summed E-state index contributed by atoms with van der Waals surface area (Å²) in [6.45, 7) is 8.24. The SMILES string of the molecule is Cn1ncc2c(B3OC(C)(C)C(C)(C)O3)cc(Br)cc21. The quantitative estimate of drug-likeness (QED) is 0.751. The minimum atomic E-state index is -0.371. The standard InChI is InChI=1S/C14H18BBrN2O2/c1-13(2)14(3,4)20-15(19-13)11-6-9(16)7-12-10(11)8-17-18(12)5/h6-8H,1-5H3. The van der Waals surface area contributed by atoms with E-state index in [4.69, 9.17) is 9.31 Å². The van der Waals surface area contributed by atoms with Crippen LogP contribution in [0.15, 0.2) is 22.8 Å². The molecule has 4 nitrogen and oxygen atoms in total. The van der Waals surface area contributed by atoms with Crippen molar-refractivity contribution in [3.05, 3.63) is 22.8 Å². The third-order valence-corrected chi connectivity index (χ3v) is 4.83. The van der Waals surface area contributed by atoms with Crippen molar-refractivity contribution >= 4 is 39.4 Å². The van der Waals surface area contributed by atoms with E-state index in [1.165, 1.54) is 0 Å². The van der Waals surface area contributed by atoms with Gasteiger partial charge >= 0.3 is 7.12 Å².